The van der Waals surface area contributed by atoms with Crippen LogP contribution in [0.1, 0.15) is 6.92 Å². The minimum Gasteiger partial charge on any atom is -0.495 e. The predicted octanol–water partition coefficient (Wildman–Crippen LogP) is 2.31. The first-order valence-electron chi connectivity index (χ1n) is 6.96. The van der Waals surface area contributed by atoms with Gasteiger partial charge in [-0.3, -0.25) is 4.79 Å². The molecular formula is C15H15BrN6O2. The van der Waals surface area contributed by atoms with Gasteiger partial charge in [0.05, 0.1) is 18.5 Å². The fourth-order valence-electron chi connectivity index (χ4n) is 2.32. The number of ether oxygens (including phenoxy) is 1. The topological polar surface area (TPSA) is 121 Å². The van der Waals surface area contributed by atoms with Gasteiger partial charge in [0.25, 0.3) is 0 Å². The van der Waals surface area contributed by atoms with Gasteiger partial charge in [0, 0.05) is 23.2 Å². The highest BCUT2D eigenvalue weighted by molar-refractivity contribution is 9.10. The molecule has 2 aromatic carbocycles. The average Bonchev–Trinajstić information content (AvgIpc) is 2.90. The summed E-state index contributed by atoms with van der Waals surface area (Å²) in [7, 11) is 1.51. The molecule has 0 fully saturated rings. The van der Waals surface area contributed by atoms with Crippen molar-refractivity contribution in [3.05, 3.63) is 28.7 Å². The highest BCUT2D eigenvalue weighted by Gasteiger charge is 2.15. The summed E-state index contributed by atoms with van der Waals surface area (Å²) in [5.41, 5.74) is 15.0. The Labute approximate surface area is 145 Å². The second-order valence-electron chi connectivity index (χ2n) is 5.15. The van der Waals surface area contributed by atoms with Crippen LogP contribution in [-0.4, -0.2) is 28.0 Å². The summed E-state index contributed by atoms with van der Waals surface area (Å²) in [5.74, 6) is 0.224. The largest absolute Gasteiger partial charge is 0.495 e. The third-order valence-corrected chi connectivity index (χ3v) is 3.94. The van der Waals surface area contributed by atoms with Crippen LogP contribution in [0.4, 0.5) is 17.1 Å². The zero-order chi connectivity index (χ0) is 17.4. The molecule has 9 heteroatoms. The number of amides is 1. The average molecular weight is 391 g/mol. The zero-order valence-corrected chi connectivity index (χ0v) is 14.6. The predicted molar refractivity (Wildman–Crippen MR) is 96.2 cm³/mol. The normalized spacial score (nSPS) is 10.8. The number of carbonyl (C=O) groups is 1. The maximum absolute atomic E-state index is 11.5. The number of nitrogens with one attached hydrogen (secondary N) is 1. The van der Waals surface area contributed by atoms with E-state index in [-0.39, 0.29) is 5.91 Å². The van der Waals surface area contributed by atoms with Crippen LogP contribution < -0.4 is 21.5 Å². The van der Waals surface area contributed by atoms with Crippen LogP contribution in [-0.2, 0) is 4.79 Å². The molecule has 0 atom stereocenters. The number of carbonyl (C=O) groups excluding carboxylic acids is 1. The van der Waals surface area contributed by atoms with E-state index < -0.39 is 0 Å². The third kappa shape index (κ3) is 2.85. The monoisotopic (exact) mass is 390 g/mol. The smallest absolute Gasteiger partial charge is 0.221 e. The van der Waals surface area contributed by atoms with E-state index in [0.29, 0.717) is 39.5 Å². The summed E-state index contributed by atoms with van der Waals surface area (Å²) in [6.45, 7) is 1.41. The first kappa shape index (κ1) is 16.1. The van der Waals surface area contributed by atoms with Crippen molar-refractivity contribution < 1.29 is 9.53 Å². The lowest BCUT2D eigenvalue weighted by Crippen LogP contribution is -2.11. The Bertz CT molecular complexity index is 953. The Hall–Kier alpha value is -2.81. The van der Waals surface area contributed by atoms with E-state index in [0.717, 1.165) is 4.47 Å². The van der Waals surface area contributed by atoms with Crippen molar-refractivity contribution in [2.75, 3.05) is 23.9 Å². The number of nitrogen functional groups attached to an aromatic ring is 2. The maximum Gasteiger partial charge on any atom is 0.221 e. The van der Waals surface area contributed by atoms with Crippen LogP contribution in [0.15, 0.2) is 28.7 Å². The molecule has 5 N–H and O–H groups in total. The van der Waals surface area contributed by atoms with E-state index in [1.165, 1.54) is 18.8 Å². The fourth-order valence-corrected chi connectivity index (χ4v) is 2.87. The number of rotatable bonds is 3. The van der Waals surface area contributed by atoms with E-state index in [1.54, 1.807) is 24.3 Å². The molecule has 0 spiro atoms. The molecule has 124 valence electrons. The van der Waals surface area contributed by atoms with E-state index in [4.69, 9.17) is 16.2 Å². The Kier molecular flexibility index (Phi) is 4.02. The van der Waals surface area contributed by atoms with Gasteiger partial charge in [0.15, 0.2) is 0 Å². The van der Waals surface area contributed by atoms with Gasteiger partial charge in [-0.1, -0.05) is 0 Å². The number of hydrogen-bond acceptors (Lipinski definition) is 6. The molecule has 0 aliphatic rings. The van der Waals surface area contributed by atoms with Crippen LogP contribution in [0.2, 0.25) is 0 Å². The van der Waals surface area contributed by atoms with Crippen molar-refractivity contribution >= 4 is 49.9 Å². The van der Waals surface area contributed by atoms with Gasteiger partial charge < -0.3 is 21.5 Å². The SMILES string of the molecule is COc1cc(-n2nc3cc(N)cc(Br)c3n2)c(NC(C)=O)cc1N. The molecule has 0 saturated carbocycles. The lowest BCUT2D eigenvalue weighted by Gasteiger charge is -2.13. The first-order chi connectivity index (χ1) is 11.4. The molecule has 0 unspecified atom stereocenters. The first-order valence-corrected chi connectivity index (χ1v) is 7.76. The second kappa shape index (κ2) is 6.00. The minimum atomic E-state index is -0.233. The van der Waals surface area contributed by atoms with E-state index in [2.05, 4.69) is 31.4 Å². The molecule has 1 heterocycles. The van der Waals surface area contributed by atoms with Gasteiger partial charge >= 0.3 is 0 Å². The molecule has 3 aromatic rings. The van der Waals surface area contributed by atoms with Crippen molar-refractivity contribution in [2.24, 2.45) is 0 Å². The number of fused-ring (bicyclic) bond motifs is 1. The quantitative estimate of drug-likeness (QED) is 0.589. The Morgan fingerprint density at radius 3 is 2.67 bits per heavy atom. The summed E-state index contributed by atoms with van der Waals surface area (Å²) in [5, 5.41) is 11.6. The number of anilines is 3. The summed E-state index contributed by atoms with van der Waals surface area (Å²) in [6, 6.07) is 6.74. The Balaban J connectivity index is 2.23. The van der Waals surface area contributed by atoms with Crippen molar-refractivity contribution in [3.63, 3.8) is 0 Å². The van der Waals surface area contributed by atoms with Crippen molar-refractivity contribution in [1.82, 2.24) is 15.0 Å². The van der Waals surface area contributed by atoms with Crippen LogP contribution >= 0.6 is 15.9 Å². The second-order valence-corrected chi connectivity index (χ2v) is 6.01. The van der Waals surface area contributed by atoms with Crippen molar-refractivity contribution in [3.8, 4) is 11.4 Å². The maximum atomic E-state index is 11.5. The third-order valence-electron chi connectivity index (χ3n) is 3.34. The zero-order valence-electron chi connectivity index (χ0n) is 13.0. The van der Waals surface area contributed by atoms with Crippen molar-refractivity contribution in [1.29, 1.82) is 0 Å². The minimum absolute atomic E-state index is 0.233. The van der Waals surface area contributed by atoms with Gasteiger partial charge in [0.2, 0.25) is 5.91 Å². The molecule has 0 aliphatic heterocycles. The van der Waals surface area contributed by atoms with Crippen LogP contribution in [0, 0.1) is 0 Å². The number of aromatic nitrogens is 3. The Morgan fingerprint density at radius 2 is 2.00 bits per heavy atom. The number of methoxy groups -OCH3 is 1. The van der Waals surface area contributed by atoms with Gasteiger partial charge in [0.1, 0.15) is 22.5 Å². The van der Waals surface area contributed by atoms with Gasteiger partial charge in [-0.2, -0.15) is 0 Å². The van der Waals surface area contributed by atoms with E-state index in [9.17, 15) is 4.79 Å². The summed E-state index contributed by atoms with van der Waals surface area (Å²) in [4.78, 5) is 12.9. The van der Waals surface area contributed by atoms with Crippen molar-refractivity contribution in [2.45, 2.75) is 6.92 Å². The van der Waals surface area contributed by atoms with Gasteiger partial charge in [-0.15, -0.1) is 15.0 Å². The van der Waals surface area contributed by atoms with Gasteiger partial charge in [-0.25, -0.2) is 0 Å². The highest BCUT2D eigenvalue weighted by atomic mass is 79.9. The molecule has 0 bridgehead atoms. The molecule has 8 nitrogen and oxygen atoms in total. The summed E-state index contributed by atoms with van der Waals surface area (Å²) in [6.07, 6.45) is 0. The number of halogens is 1. The molecule has 0 saturated heterocycles. The molecular weight excluding hydrogens is 376 g/mol. The van der Waals surface area contributed by atoms with Gasteiger partial charge in [-0.05, 0) is 34.1 Å². The molecule has 1 aromatic heterocycles. The van der Waals surface area contributed by atoms with Crippen LogP contribution in [0.25, 0.3) is 16.7 Å². The standard InChI is InChI=1S/C15H15BrN6O2/c1-7(23)19-11-5-10(18)14(24-2)6-13(11)22-20-12-4-8(17)3-9(16)15(12)21-22/h3-6H,17-18H2,1-2H3,(H,19,23). The summed E-state index contributed by atoms with van der Waals surface area (Å²) >= 11 is 3.42. The molecule has 0 radical (unpaired) electrons. The highest BCUT2D eigenvalue weighted by Crippen LogP contribution is 2.32. The number of nitrogens with zero attached hydrogens (tertiary/aromatic N) is 3. The molecule has 24 heavy (non-hydrogen) atoms. The van der Waals surface area contributed by atoms with Crippen LogP contribution in [0.5, 0.6) is 5.75 Å². The number of nitrogens with two attached hydrogens (primary N) is 2. The van der Waals surface area contributed by atoms with Crippen LogP contribution in [0.3, 0.4) is 0 Å². The number of benzene rings is 2. The lowest BCUT2D eigenvalue weighted by molar-refractivity contribution is -0.114. The molecule has 1 amide bonds. The lowest BCUT2D eigenvalue weighted by atomic mass is 10.2. The fraction of sp³-hybridized carbons (Fsp3) is 0.133. The molecule has 3 rings (SSSR count). The molecule has 0 aliphatic carbocycles. The summed E-state index contributed by atoms with van der Waals surface area (Å²) < 4.78 is 5.98. The number of hydrogen-bond donors (Lipinski definition) is 3. The Morgan fingerprint density at radius 1 is 1.25 bits per heavy atom. The van der Waals surface area contributed by atoms with E-state index >= 15 is 0 Å². The van der Waals surface area contributed by atoms with E-state index in [1.807, 2.05) is 0 Å².